The molecular formula is C23H19N3O3. The van der Waals surface area contributed by atoms with Gasteiger partial charge in [-0.1, -0.05) is 30.3 Å². The van der Waals surface area contributed by atoms with E-state index in [1.807, 2.05) is 90.6 Å². The van der Waals surface area contributed by atoms with Gasteiger partial charge in [0.25, 0.3) is 0 Å². The van der Waals surface area contributed by atoms with Gasteiger partial charge in [-0.25, -0.2) is 10.5 Å². The molecule has 0 spiro atoms. The van der Waals surface area contributed by atoms with Crippen LogP contribution in [0.2, 0.25) is 0 Å². The number of rotatable bonds is 5. The van der Waals surface area contributed by atoms with Crippen LogP contribution in [0.3, 0.4) is 0 Å². The van der Waals surface area contributed by atoms with E-state index in [0.29, 0.717) is 11.6 Å². The molecule has 2 aromatic carbocycles. The van der Waals surface area contributed by atoms with Crippen LogP contribution in [0.5, 0.6) is 17.2 Å². The molecule has 3 heterocycles. The maximum Gasteiger partial charge on any atom is 0.216 e. The second-order valence-corrected chi connectivity index (χ2v) is 6.77. The van der Waals surface area contributed by atoms with Crippen LogP contribution in [-0.2, 0) is 11.9 Å². The Kier molecular flexibility index (Phi) is 4.38. The number of aryl methyl sites for hydroxylation is 1. The zero-order valence-corrected chi connectivity index (χ0v) is 15.8. The molecule has 6 heteroatoms. The average molecular weight is 385 g/mol. The number of fused-ring (bicyclic) bond motifs is 1. The molecule has 4 aromatic rings. The first-order chi connectivity index (χ1) is 14.2. The van der Waals surface area contributed by atoms with Gasteiger partial charge in [0, 0.05) is 24.7 Å². The van der Waals surface area contributed by atoms with Gasteiger partial charge in [0.05, 0.1) is 6.20 Å². The highest BCUT2D eigenvalue weighted by Gasteiger charge is 2.20. The summed E-state index contributed by atoms with van der Waals surface area (Å²) in [6.45, 7) is 0. The van der Waals surface area contributed by atoms with Gasteiger partial charge in [0.1, 0.15) is 29.0 Å². The number of hydroxylamine groups is 1. The zero-order valence-electron chi connectivity index (χ0n) is 15.8. The second-order valence-electron chi connectivity index (χ2n) is 6.77. The summed E-state index contributed by atoms with van der Waals surface area (Å²) in [7, 11) is 1.96. The molecule has 144 valence electrons. The lowest BCUT2D eigenvalue weighted by Gasteiger charge is -2.09. The van der Waals surface area contributed by atoms with Crippen molar-refractivity contribution >= 4 is 11.0 Å². The van der Waals surface area contributed by atoms with Crippen LogP contribution in [0.15, 0.2) is 91.1 Å². The largest absolute Gasteiger partial charge is 0.457 e. The minimum Gasteiger partial charge on any atom is -0.457 e. The van der Waals surface area contributed by atoms with Gasteiger partial charge in [-0.05, 0) is 42.0 Å². The molecule has 0 aliphatic carbocycles. The first-order valence-electron chi connectivity index (χ1n) is 9.30. The molecule has 0 fully saturated rings. The van der Waals surface area contributed by atoms with Gasteiger partial charge in [0.15, 0.2) is 0 Å². The Morgan fingerprint density at radius 3 is 2.55 bits per heavy atom. The smallest absolute Gasteiger partial charge is 0.216 e. The maximum absolute atomic E-state index is 5.88. The van der Waals surface area contributed by atoms with Crippen molar-refractivity contribution in [1.82, 2.24) is 15.0 Å². The number of nitrogens with one attached hydrogen (secondary N) is 1. The van der Waals surface area contributed by atoms with Gasteiger partial charge in [-0.15, -0.1) is 0 Å². The van der Waals surface area contributed by atoms with Crippen LogP contribution in [-0.4, -0.2) is 9.55 Å². The lowest BCUT2D eigenvalue weighted by molar-refractivity contribution is 0.0273. The van der Waals surface area contributed by atoms with Gasteiger partial charge in [-0.3, -0.25) is 4.84 Å². The molecule has 0 saturated carbocycles. The summed E-state index contributed by atoms with van der Waals surface area (Å²) in [5, 5.41) is 1.02. The number of pyridine rings is 1. The van der Waals surface area contributed by atoms with Crippen LogP contribution in [0.4, 0.5) is 0 Å². The topological polar surface area (TPSA) is 57.5 Å². The Morgan fingerprint density at radius 1 is 0.931 bits per heavy atom. The Hall–Kier alpha value is -3.77. The second kappa shape index (κ2) is 7.33. The molecule has 1 aliphatic rings. The highest BCUT2D eigenvalue weighted by Crippen LogP contribution is 2.29. The monoisotopic (exact) mass is 385 g/mol. The summed E-state index contributed by atoms with van der Waals surface area (Å²) in [6, 6.07) is 21.4. The molecule has 29 heavy (non-hydrogen) atoms. The molecule has 5 rings (SSSR count). The lowest BCUT2D eigenvalue weighted by Crippen LogP contribution is -2.12. The highest BCUT2D eigenvalue weighted by molar-refractivity contribution is 5.77. The van der Waals surface area contributed by atoms with Crippen LogP contribution in [0.25, 0.3) is 11.0 Å². The molecular weight excluding hydrogens is 366 g/mol. The summed E-state index contributed by atoms with van der Waals surface area (Å²) in [5.74, 6) is 2.77. The van der Waals surface area contributed by atoms with Crippen LogP contribution in [0.1, 0.15) is 11.7 Å². The Balaban J connectivity index is 1.27. The highest BCUT2D eigenvalue weighted by atomic mass is 16.7. The number of ether oxygens (including phenoxy) is 2. The molecule has 1 atom stereocenters. The van der Waals surface area contributed by atoms with E-state index < -0.39 is 0 Å². The van der Waals surface area contributed by atoms with E-state index in [1.54, 1.807) is 6.20 Å². The average Bonchev–Trinajstić information content (AvgIpc) is 3.36. The van der Waals surface area contributed by atoms with Crippen LogP contribution >= 0.6 is 0 Å². The summed E-state index contributed by atoms with van der Waals surface area (Å²) < 4.78 is 13.7. The van der Waals surface area contributed by atoms with E-state index in [1.165, 1.54) is 0 Å². The Labute approximate surface area is 167 Å². The SMILES string of the molecule is Cn1ccc2cc(OC3=C[C@@H](c4ccc(Oc5ccccc5)cc4)ON3)cnc21. The van der Waals surface area contributed by atoms with E-state index in [0.717, 1.165) is 28.1 Å². The molecule has 0 bridgehead atoms. The Bertz CT molecular complexity index is 1170. The van der Waals surface area contributed by atoms with Gasteiger partial charge < -0.3 is 14.0 Å². The number of para-hydroxylation sites is 1. The van der Waals surface area contributed by atoms with Crippen molar-refractivity contribution < 1.29 is 14.3 Å². The summed E-state index contributed by atoms with van der Waals surface area (Å²) in [6.07, 6.45) is 5.32. The van der Waals surface area contributed by atoms with Crippen molar-refractivity contribution in [2.75, 3.05) is 0 Å². The van der Waals surface area contributed by atoms with E-state index in [9.17, 15) is 0 Å². The Morgan fingerprint density at radius 2 is 1.72 bits per heavy atom. The third kappa shape index (κ3) is 3.66. The quantitative estimate of drug-likeness (QED) is 0.532. The van der Waals surface area contributed by atoms with Gasteiger partial charge >= 0.3 is 0 Å². The molecule has 1 aliphatic heterocycles. The normalized spacial score (nSPS) is 15.8. The van der Waals surface area contributed by atoms with Crippen molar-refractivity contribution in [3.8, 4) is 17.2 Å². The van der Waals surface area contributed by atoms with E-state index in [-0.39, 0.29) is 6.10 Å². The van der Waals surface area contributed by atoms with Crippen molar-refractivity contribution in [3.63, 3.8) is 0 Å². The number of benzene rings is 2. The van der Waals surface area contributed by atoms with Crippen LogP contribution in [0, 0.1) is 0 Å². The summed E-state index contributed by atoms with van der Waals surface area (Å²) >= 11 is 0. The fraction of sp³-hybridized carbons (Fsp3) is 0.0870. The van der Waals surface area contributed by atoms with Gasteiger partial charge in [-0.2, -0.15) is 0 Å². The lowest BCUT2D eigenvalue weighted by atomic mass is 10.1. The maximum atomic E-state index is 5.88. The van der Waals surface area contributed by atoms with Crippen molar-refractivity contribution in [3.05, 3.63) is 96.6 Å². The molecule has 0 radical (unpaired) electrons. The number of aromatic nitrogens is 2. The first kappa shape index (κ1) is 17.3. The van der Waals surface area contributed by atoms with Crippen molar-refractivity contribution in [2.45, 2.75) is 6.10 Å². The minimum absolute atomic E-state index is 0.246. The fourth-order valence-electron chi connectivity index (χ4n) is 3.21. The molecule has 0 saturated heterocycles. The van der Waals surface area contributed by atoms with E-state index >= 15 is 0 Å². The van der Waals surface area contributed by atoms with Crippen molar-refractivity contribution in [1.29, 1.82) is 0 Å². The number of nitrogens with zero attached hydrogens (tertiary/aromatic N) is 2. The molecule has 6 nitrogen and oxygen atoms in total. The zero-order chi connectivity index (χ0) is 19.6. The third-order valence-electron chi connectivity index (χ3n) is 4.69. The van der Waals surface area contributed by atoms with E-state index in [2.05, 4.69) is 10.5 Å². The fourth-order valence-corrected chi connectivity index (χ4v) is 3.21. The van der Waals surface area contributed by atoms with Gasteiger partial charge in [0.2, 0.25) is 5.88 Å². The first-order valence-corrected chi connectivity index (χ1v) is 9.30. The third-order valence-corrected chi connectivity index (χ3v) is 4.69. The molecule has 0 amide bonds. The van der Waals surface area contributed by atoms with Crippen molar-refractivity contribution in [2.24, 2.45) is 7.05 Å². The predicted molar refractivity (Wildman–Crippen MR) is 109 cm³/mol. The summed E-state index contributed by atoms with van der Waals surface area (Å²) in [5.41, 5.74) is 4.74. The van der Waals surface area contributed by atoms with E-state index in [4.69, 9.17) is 14.3 Å². The van der Waals surface area contributed by atoms with Crippen LogP contribution < -0.4 is 15.0 Å². The molecule has 1 N–H and O–H groups in total. The number of hydrogen-bond acceptors (Lipinski definition) is 5. The number of hydrogen-bond donors (Lipinski definition) is 1. The minimum atomic E-state index is -0.246. The molecule has 2 aromatic heterocycles. The predicted octanol–water partition coefficient (Wildman–Crippen LogP) is 4.86. The standard InChI is InChI=1S/C23H19N3O3/c1-26-12-11-17-13-20(15-24-23(17)26)28-22-14-21(29-25-22)16-7-9-19(10-8-16)27-18-5-3-2-4-6-18/h2-15,21,25H,1H3/t21-/m0/s1. The molecule has 0 unspecified atom stereocenters. The summed E-state index contributed by atoms with van der Waals surface area (Å²) in [4.78, 5) is 10.1.